The lowest BCUT2D eigenvalue weighted by Gasteiger charge is -2.72. The zero-order chi connectivity index (χ0) is 25.9. The number of hydroxylamine groups is 1. The third-order valence-corrected chi connectivity index (χ3v) is 12.8. The van der Waals surface area contributed by atoms with Gasteiger partial charge in [-0.05, 0) is 111 Å². The Kier molecular flexibility index (Phi) is 6.78. The Balaban J connectivity index is 0.000000917. The van der Waals surface area contributed by atoms with Crippen LogP contribution >= 0.6 is 0 Å². The number of allylic oxidation sites excluding steroid dienone is 1. The average molecular weight is 487 g/mol. The fourth-order valence-corrected chi connectivity index (χ4v) is 11.1. The lowest BCUT2D eigenvalue weighted by molar-refractivity contribution is -0.225. The molecular weight excluding hydrogens is 436 g/mol. The van der Waals surface area contributed by atoms with Crippen molar-refractivity contribution in [1.82, 2.24) is 5.48 Å². The Labute approximate surface area is 213 Å². The molecule has 0 aromatic heterocycles. The van der Waals surface area contributed by atoms with Crippen LogP contribution in [0.1, 0.15) is 112 Å². The second kappa shape index (κ2) is 8.89. The van der Waals surface area contributed by atoms with Crippen molar-refractivity contribution in [2.75, 3.05) is 0 Å². The maximum atomic E-state index is 12.9. The summed E-state index contributed by atoms with van der Waals surface area (Å²) in [5.74, 6) is 2.10. The fourth-order valence-electron chi connectivity index (χ4n) is 11.1. The van der Waals surface area contributed by atoms with Crippen LogP contribution in [0.5, 0.6) is 0 Å². The van der Waals surface area contributed by atoms with E-state index in [0.717, 1.165) is 50.7 Å². The summed E-state index contributed by atoms with van der Waals surface area (Å²) < 4.78 is 0. The Morgan fingerprint density at radius 3 is 2.26 bits per heavy atom. The van der Waals surface area contributed by atoms with Gasteiger partial charge >= 0.3 is 0 Å². The van der Waals surface area contributed by atoms with E-state index in [1.54, 1.807) is 6.08 Å². The van der Waals surface area contributed by atoms with Gasteiger partial charge in [-0.1, -0.05) is 52.3 Å². The van der Waals surface area contributed by atoms with Crippen LogP contribution in [0.15, 0.2) is 17.8 Å². The van der Waals surface area contributed by atoms with E-state index < -0.39 is 0 Å². The first kappa shape index (κ1) is 26.7. The predicted molar refractivity (Wildman–Crippen MR) is 140 cm³/mol. The van der Waals surface area contributed by atoms with Gasteiger partial charge in [-0.3, -0.25) is 10.0 Å². The van der Waals surface area contributed by atoms with Gasteiger partial charge in [-0.15, -0.1) is 6.58 Å². The third kappa shape index (κ3) is 3.42. The molecule has 0 spiro atoms. The first-order valence-corrected chi connectivity index (χ1v) is 14.2. The SMILES string of the molecule is C=CC.CC1(C)/C(=N/O)CCC2(C)C1CCC1(C)C2CCC2C3CCCC3(C(=O)NO)CC[C@]21C. The normalized spacial score (nSPS) is 48.8. The van der Waals surface area contributed by atoms with Gasteiger partial charge in [0.2, 0.25) is 5.91 Å². The number of carbonyl (C=O) groups excluding carboxylic acids is 1. The topological polar surface area (TPSA) is 81.9 Å². The van der Waals surface area contributed by atoms with Crippen molar-refractivity contribution in [3.05, 3.63) is 12.7 Å². The summed E-state index contributed by atoms with van der Waals surface area (Å²) in [4.78, 5) is 12.9. The minimum atomic E-state index is -0.345. The minimum Gasteiger partial charge on any atom is -0.411 e. The van der Waals surface area contributed by atoms with E-state index in [0.29, 0.717) is 23.7 Å². The van der Waals surface area contributed by atoms with Crippen LogP contribution in [0.25, 0.3) is 0 Å². The quantitative estimate of drug-likeness (QED) is 0.157. The molecule has 0 aliphatic heterocycles. The van der Waals surface area contributed by atoms with Crippen LogP contribution in [-0.4, -0.2) is 22.0 Å². The van der Waals surface area contributed by atoms with Gasteiger partial charge in [0.25, 0.3) is 0 Å². The summed E-state index contributed by atoms with van der Waals surface area (Å²) in [5.41, 5.74) is 3.45. The monoisotopic (exact) mass is 486 g/mol. The molecule has 5 saturated carbocycles. The molecule has 0 saturated heterocycles. The number of fused-ring (bicyclic) bond motifs is 7. The number of hydrogen-bond donors (Lipinski definition) is 3. The van der Waals surface area contributed by atoms with E-state index in [1.807, 2.05) is 6.92 Å². The van der Waals surface area contributed by atoms with Crippen molar-refractivity contribution in [2.24, 2.45) is 55.9 Å². The number of oxime groups is 1. The van der Waals surface area contributed by atoms with Gasteiger partial charge in [0.05, 0.1) is 11.1 Å². The van der Waals surface area contributed by atoms with Gasteiger partial charge in [0.15, 0.2) is 0 Å². The van der Waals surface area contributed by atoms with Gasteiger partial charge < -0.3 is 5.21 Å². The zero-order valence-electron chi connectivity index (χ0n) is 23.1. The van der Waals surface area contributed by atoms with E-state index in [2.05, 4.69) is 51.8 Å². The summed E-state index contributed by atoms with van der Waals surface area (Å²) in [7, 11) is 0. The van der Waals surface area contributed by atoms with Crippen LogP contribution in [0.3, 0.4) is 0 Å². The highest BCUT2D eigenvalue weighted by molar-refractivity contribution is 5.90. The van der Waals surface area contributed by atoms with E-state index in [1.165, 1.54) is 25.7 Å². The van der Waals surface area contributed by atoms with Crippen molar-refractivity contribution in [2.45, 2.75) is 112 Å². The van der Waals surface area contributed by atoms with E-state index in [-0.39, 0.29) is 33.0 Å². The lowest BCUT2D eigenvalue weighted by Crippen LogP contribution is -2.66. The molecule has 1 amide bonds. The van der Waals surface area contributed by atoms with E-state index in [9.17, 15) is 15.2 Å². The first-order valence-electron chi connectivity index (χ1n) is 14.2. The summed E-state index contributed by atoms with van der Waals surface area (Å²) in [6.45, 7) is 17.6. The molecule has 5 aliphatic carbocycles. The molecule has 7 unspecified atom stereocenters. The molecule has 5 rings (SSSR count). The second-order valence-electron chi connectivity index (χ2n) is 13.9. The van der Waals surface area contributed by atoms with E-state index in [4.69, 9.17) is 0 Å². The largest absolute Gasteiger partial charge is 0.411 e. The first-order chi connectivity index (χ1) is 16.4. The van der Waals surface area contributed by atoms with Crippen molar-refractivity contribution >= 4 is 11.6 Å². The molecule has 0 bridgehead atoms. The van der Waals surface area contributed by atoms with Gasteiger partial charge in [0.1, 0.15) is 0 Å². The molecule has 3 N–H and O–H groups in total. The summed E-state index contributed by atoms with van der Waals surface area (Å²) in [6.07, 6.45) is 13.9. The number of carbonyl (C=O) groups is 1. The smallest absolute Gasteiger partial charge is 0.249 e. The van der Waals surface area contributed by atoms with Crippen LogP contribution in [0.4, 0.5) is 0 Å². The summed E-state index contributed by atoms with van der Waals surface area (Å²) in [6, 6.07) is 0. The highest BCUT2D eigenvalue weighted by Gasteiger charge is 2.70. The molecule has 5 nitrogen and oxygen atoms in total. The Bertz CT molecular complexity index is 883. The van der Waals surface area contributed by atoms with Crippen molar-refractivity contribution in [3.8, 4) is 0 Å². The number of hydrogen-bond acceptors (Lipinski definition) is 4. The van der Waals surface area contributed by atoms with Crippen LogP contribution in [-0.2, 0) is 4.79 Å². The van der Waals surface area contributed by atoms with Crippen LogP contribution in [0.2, 0.25) is 0 Å². The molecule has 5 aliphatic rings. The minimum absolute atomic E-state index is 0.0484. The molecule has 5 heteroatoms. The van der Waals surface area contributed by atoms with Gasteiger partial charge in [-0.2, -0.15) is 0 Å². The van der Waals surface area contributed by atoms with Gasteiger partial charge in [-0.25, -0.2) is 5.48 Å². The van der Waals surface area contributed by atoms with Crippen LogP contribution in [0, 0.1) is 50.7 Å². The van der Waals surface area contributed by atoms with Gasteiger partial charge in [0, 0.05) is 5.41 Å². The van der Waals surface area contributed by atoms with Crippen molar-refractivity contribution in [1.29, 1.82) is 0 Å². The molecule has 0 heterocycles. The number of nitrogens with one attached hydrogen (secondary N) is 1. The second-order valence-corrected chi connectivity index (χ2v) is 13.9. The van der Waals surface area contributed by atoms with E-state index >= 15 is 0 Å². The van der Waals surface area contributed by atoms with Crippen molar-refractivity contribution < 1.29 is 15.2 Å². The number of nitrogens with zero attached hydrogens (tertiary/aromatic N) is 1. The Hall–Kier alpha value is -1.36. The van der Waals surface area contributed by atoms with Crippen LogP contribution < -0.4 is 5.48 Å². The highest BCUT2D eigenvalue weighted by Crippen LogP contribution is 2.76. The maximum Gasteiger partial charge on any atom is 0.249 e. The molecule has 8 atom stereocenters. The number of amides is 1. The fraction of sp³-hybridized carbons (Fsp3) is 0.867. The zero-order valence-corrected chi connectivity index (χ0v) is 23.1. The molecule has 5 fully saturated rings. The lowest BCUT2D eigenvalue weighted by atomic mass is 9.32. The molecule has 0 radical (unpaired) electrons. The number of rotatable bonds is 1. The average Bonchev–Trinajstić information content (AvgIpc) is 3.24. The summed E-state index contributed by atoms with van der Waals surface area (Å²) in [5, 5.41) is 23.0. The molecule has 0 aromatic carbocycles. The standard InChI is InChI=1S/C27H44N2O3.C3H6/c1-23(2)19-10-14-26(5)20(24(19,3)13-11-21(23)28-31)9-8-17-18-7-6-12-27(18,22(30)29-32)16-15-25(17,26)4;1-3-2/h17-20,31-32H,6-16H2,1-5H3,(H,29,30);3H,1H2,2H3/b28-21+;/t17?,18?,19?,20?,24?,25-,26?,27?;/m1./s1. The third-order valence-electron chi connectivity index (χ3n) is 12.8. The Morgan fingerprint density at radius 2 is 1.63 bits per heavy atom. The molecule has 198 valence electrons. The molecular formula is C30H50N2O3. The highest BCUT2D eigenvalue weighted by atomic mass is 16.5. The maximum absolute atomic E-state index is 12.9. The molecule has 35 heavy (non-hydrogen) atoms. The van der Waals surface area contributed by atoms with Crippen molar-refractivity contribution in [3.63, 3.8) is 0 Å². The predicted octanol–water partition coefficient (Wildman–Crippen LogP) is 7.37. The molecule has 0 aromatic rings. The Morgan fingerprint density at radius 1 is 0.943 bits per heavy atom. The summed E-state index contributed by atoms with van der Waals surface area (Å²) >= 11 is 0.